The number of nitriles is 1. The third kappa shape index (κ3) is 6.16. The lowest BCUT2D eigenvalue weighted by atomic mass is 10.1. The molecule has 0 heterocycles. The first kappa shape index (κ1) is 17.5. The average Bonchev–Trinajstić information content (AvgIpc) is 2.44. The highest BCUT2D eigenvalue weighted by atomic mass is 16.5. The number of nitrogens with one attached hydrogen (secondary N) is 1. The van der Waals surface area contributed by atoms with Crippen LogP contribution in [-0.2, 0) is 11.3 Å². The van der Waals surface area contributed by atoms with Gasteiger partial charge in [0, 0.05) is 39.4 Å². The molecule has 1 rings (SSSR count). The third-order valence-electron chi connectivity index (χ3n) is 3.26. The van der Waals surface area contributed by atoms with E-state index >= 15 is 0 Å². The highest BCUT2D eigenvalue weighted by Gasteiger charge is 2.11. The lowest BCUT2D eigenvalue weighted by Gasteiger charge is -2.23. The molecule has 21 heavy (non-hydrogen) atoms. The Labute approximate surface area is 128 Å². The number of hydrogen-bond donors (Lipinski definition) is 1. The second-order valence-electron chi connectivity index (χ2n) is 6.33. The van der Waals surface area contributed by atoms with Crippen LogP contribution in [0.15, 0.2) is 18.2 Å². The molecular formula is C17H27N3O. The maximum atomic E-state index is 9.37. The first-order valence-electron chi connectivity index (χ1n) is 7.35. The van der Waals surface area contributed by atoms with Crippen LogP contribution in [0, 0.1) is 11.3 Å². The molecular weight excluding hydrogens is 262 g/mol. The molecule has 0 aliphatic rings. The number of anilines is 1. The van der Waals surface area contributed by atoms with Crippen LogP contribution in [0.1, 0.15) is 38.3 Å². The van der Waals surface area contributed by atoms with Crippen molar-refractivity contribution in [3.63, 3.8) is 0 Å². The van der Waals surface area contributed by atoms with E-state index in [-0.39, 0.29) is 5.54 Å². The molecule has 0 saturated heterocycles. The molecule has 4 heteroatoms. The fraction of sp³-hybridized carbons (Fsp3) is 0.588. The lowest BCUT2D eigenvalue weighted by molar-refractivity contribution is 0.196. The molecule has 0 aromatic heterocycles. The van der Waals surface area contributed by atoms with Crippen molar-refractivity contribution in [3.05, 3.63) is 29.3 Å². The van der Waals surface area contributed by atoms with Crippen LogP contribution >= 0.6 is 0 Å². The van der Waals surface area contributed by atoms with Crippen LogP contribution in [0.3, 0.4) is 0 Å². The van der Waals surface area contributed by atoms with Gasteiger partial charge in [0.05, 0.1) is 11.3 Å². The van der Waals surface area contributed by atoms with E-state index in [2.05, 4.69) is 43.1 Å². The fourth-order valence-corrected chi connectivity index (χ4v) is 2.05. The van der Waals surface area contributed by atoms with Gasteiger partial charge in [-0.2, -0.15) is 5.26 Å². The molecule has 116 valence electrons. The highest BCUT2D eigenvalue weighted by molar-refractivity contribution is 5.60. The minimum Gasteiger partial charge on any atom is -0.385 e. The van der Waals surface area contributed by atoms with Gasteiger partial charge in [-0.05, 0) is 44.9 Å². The second kappa shape index (κ2) is 8.02. The van der Waals surface area contributed by atoms with Crippen LogP contribution in [0.2, 0.25) is 0 Å². The Morgan fingerprint density at radius 1 is 1.33 bits per heavy atom. The van der Waals surface area contributed by atoms with Crippen molar-refractivity contribution in [1.82, 2.24) is 5.32 Å². The van der Waals surface area contributed by atoms with E-state index < -0.39 is 0 Å². The summed E-state index contributed by atoms with van der Waals surface area (Å²) >= 11 is 0. The molecule has 0 aliphatic heterocycles. The molecule has 4 nitrogen and oxygen atoms in total. The van der Waals surface area contributed by atoms with Crippen LogP contribution in [0.4, 0.5) is 5.69 Å². The van der Waals surface area contributed by atoms with Crippen molar-refractivity contribution in [3.8, 4) is 6.07 Å². The second-order valence-corrected chi connectivity index (χ2v) is 6.33. The number of ether oxygens (including phenoxy) is 1. The molecule has 0 radical (unpaired) electrons. The molecule has 0 bridgehead atoms. The number of rotatable bonds is 7. The maximum Gasteiger partial charge on any atom is 0.101 e. The Kier molecular flexibility index (Phi) is 6.67. The van der Waals surface area contributed by atoms with E-state index in [1.165, 1.54) is 0 Å². The Bertz CT molecular complexity index is 486. The molecule has 1 N–H and O–H groups in total. The van der Waals surface area contributed by atoms with Gasteiger partial charge < -0.3 is 15.0 Å². The van der Waals surface area contributed by atoms with Crippen LogP contribution in [0.5, 0.6) is 0 Å². The monoisotopic (exact) mass is 289 g/mol. The fourth-order valence-electron chi connectivity index (χ4n) is 2.05. The zero-order chi connectivity index (χ0) is 15.9. The third-order valence-corrected chi connectivity index (χ3v) is 3.26. The number of nitrogens with zero attached hydrogens (tertiary/aromatic N) is 2. The van der Waals surface area contributed by atoms with E-state index in [1.807, 2.05) is 19.2 Å². The standard InChI is InChI=1S/C17H27N3O/c1-17(2,3)19-13-14-7-8-16(15(11-14)12-18)20(4)9-6-10-21-5/h7-8,11,19H,6,9-10,13H2,1-5H3. The molecule has 1 aromatic rings. The summed E-state index contributed by atoms with van der Waals surface area (Å²) in [6.07, 6.45) is 0.950. The minimum absolute atomic E-state index is 0.0718. The maximum absolute atomic E-state index is 9.37. The van der Waals surface area contributed by atoms with Gasteiger partial charge >= 0.3 is 0 Å². The normalized spacial score (nSPS) is 11.2. The minimum atomic E-state index is 0.0718. The summed E-state index contributed by atoms with van der Waals surface area (Å²) in [5.74, 6) is 0. The summed E-state index contributed by atoms with van der Waals surface area (Å²) in [5.41, 5.74) is 2.91. The number of hydrogen-bond acceptors (Lipinski definition) is 4. The van der Waals surface area contributed by atoms with Crippen molar-refractivity contribution in [2.45, 2.75) is 39.3 Å². The zero-order valence-corrected chi connectivity index (χ0v) is 13.9. The Balaban J connectivity index is 2.77. The molecule has 0 aliphatic carbocycles. The molecule has 0 amide bonds. The van der Waals surface area contributed by atoms with Crippen molar-refractivity contribution in [2.75, 3.05) is 32.2 Å². The number of methoxy groups -OCH3 is 1. The quantitative estimate of drug-likeness (QED) is 0.784. The van der Waals surface area contributed by atoms with E-state index in [1.54, 1.807) is 7.11 Å². The molecule has 0 saturated carbocycles. The molecule has 0 spiro atoms. The summed E-state index contributed by atoms with van der Waals surface area (Å²) < 4.78 is 5.07. The smallest absolute Gasteiger partial charge is 0.101 e. The van der Waals surface area contributed by atoms with Crippen molar-refractivity contribution in [1.29, 1.82) is 5.26 Å². The predicted octanol–water partition coefficient (Wildman–Crippen LogP) is 2.92. The van der Waals surface area contributed by atoms with Gasteiger partial charge in [-0.25, -0.2) is 0 Å². The van der Waals surface area contributed by atoms with Crippen molar-refractivity contribution >= 4 is 5.69 Å². The van der Waals surface area contributed by atoms with Gasteiger partial charge in [0.2, 0.25) is 0 Å². The molecule has 0 fully saturated rings. The van der Waals surface area contributed by atoms with Gasteiger partial charge in [-0.1, -0.05) is 6.07 Å². The van der Waals surface area contributed by atoms with Gasteiger partial charge in [-0.15, -0.1) is 0 Å². The zero-order valence-electron chi connectivity index (χ0n) is 13.9. The van der Waals surface area contributed by atoms with Gasteiger partial charge in [0.1, 0.15) is 6.07 Å². The van der Waals surface area contributed by atoms with E-state index in [0.717, 1.165) is 42.9 Å². The summed E-state index contributed by atoms with van der Waals surface area (Å²) in [7, 11) is 3.72. The van der Waals surface area contributed by atoms with Crippen LogP contribution in [0.25, 0.3) is 0 Å². The summed E-state index contributed by atoms with van der Waals surface area (Å²) in [6.45, 7) is 8.79. The summed E-state index contributed by atoms with van der Waals surface area (Å²) in [5, 5.41) is 12.8. The van der Waals surface area contributed by atoms with E-state index in [0.29, 0.717) is 0 Å². The first-order valence-corrected chi connectivity index (χ1v) is 7.35. The van der Waals surface area contributed by atoms with Crippen LogP contribution in [-0.4, -0.2) is 32.8 Å². The summed E-state index contributed by atoms with van der Waals surface area (Å²) in [4.78, 5) is 2.11. The summed E-state index contributed by atoms with van der Waals surface area (Å²) in [6, 6.07) is 8.39. The Hall–Kier alpha value is -1.57. The largest absolute Gasteiger partial charge is 0.385 e. The van der Waals surface area contributed by atoms with Gasteiger partial charge in [-0.3, -0.25) is 0 Å². The van der Waals surface area contributed by atoms with Gasteiger partial charge in [0.25, 0.3) is 0 Å². The van der Waals surface area contributed by atoms with Gasteiger partial charge in [0.15, 0.2) is 0 Å². The molecule has 0 atom stereocenters. The van der Waals surface area contributed by atoms with E-state index in [4.69, 9.17) is 4.74 Å². The Morgan fingerprint density at radius 3 is 2.62 bits per heavy atom. The predicted molar refractivity (Wildman–Crippen MR) is 87.5 cm³/mol. The van der Waals surface area contributed by atoms with E-state index in [9.17, 15) is 5.26 Å². The van der Waals surface area contributed by atoms with Crippen LogP contribution < -0.4 is 10.2 Å². The van der Waals surface area contributed by atoms with Crippen molar-refractivity contribution in [2.24, 2.45) is 0 Å². The number of benzene rings is 1. The molecule has 1 aromatic carbocycles. The van der Waals surface area contributed by atoms with Crippen molar-refractivity contribution < 1.29 is 4.74 Å². The first-order chi connectivity index (χ1) is 9.87. The lowest BCUT2D eigenvalue weighted by Crippen LogP contribution is -2.35. The average molecular weight is 289 g/mol. The SMILES string of the molecule is COCCCN(C)c1ccc(CNC(C)(C)C)cc1C#N. The topological polar surface area (TPSA) is 48.3 Å². The molecule has 0 unspecified atom stereocenters. The highest BCUT2D eigenvalue weighted by Crippen LogP contribution is 2.21. The Morgan fingerprint density at radius 2 is 2.05 bits per heavy atom.